The van der Waals surface area contributed by atoms with Gasteiger partial charge < -0.3 is 20.2 Å². The van der Waals surface area contributed by atoms with Crippen LogP contribution in [0, 0.1) is 5.92 Å². The molecule has 0 radical (unpaired) electrons. The number of primary amides is 1. The number of nitrogens with two attached hydrogens (primary N) is 1. The van der Waals surface area contributed by atoms with Gasteiger partial charge in [-0.05, 0) is 50.7 Å². The largest absolute Gasteiger partial charge is 0.444 e. The molecule has 4 rings (SSSR count). The fraction of sp³-hybridized carbons (Fsp3) is 0.476. The van der Waals surface area contributed by atoms with Crippen LogP contribution in [0.25, 0.3) is 5.57 Å². The lowest BCUT2D eigenvalue weighted by molar-refractivity contribution is 0.0995. The number of carbonyl (C=O) groups is 1. The number of aromatic nitrogens is 3. The van der Waals surface area contributed by atoms with Crippen LogP contribution >= 0.6 is 0 Å². The molecule has 1 atom stereocenters. The third-order valence-corrected chi connectivity index (χ3v) is 5.95. The molecule has 31 heavy (non-hydrogen) atoms. The Morgan fingerprint density at radius 2 is 2.10 bits per heavy atom. The van der Waals surface area contributed by atoms with Crippen LogP contribution in [-0.4, -0.2) is 38.4 Å². The first kappa shape index (κ1) is 21.2. The van der Waals surface area contributed by atoms with Crippen LogP contribution in [0.1, 0.15) is 67.1 Å². The van der Waals surface area contributed by atoms with Gasteiger partial charge in [0.15, 0.2) is 11.4 Å². The predicted octanol–water partition coefficient (Wildman–Crippen LogP) is 3.44. The van der Waals surface area contributed by atoms with Crippen molar-refractivity contribution in [3.05, 3.63) is 48.1 Å². The van der Waals surface area contributed by atoms with Gasteiger partial charge in [0, 0.05) is 30.6 Å². The van der Waals surface area contributed by atoms with Crippen LogP contribution in [-0.2, 0) is 0 Å². The molecule has 0 spiro atoms. The van der Waals surface area contributed by atoms with Crippen LogP contribution < -0.4 is 10.6 Å². The van der Waals surface area contributed by atoms with Crippen LogP contribution in [0.15, 0.2) is 35.2 Å². The van der Waals surface area contributed by atoms with Crippen LogP contribution in [0.5, 0.6) is 0 Å². The minimum Gasteiger partial charge on any atom is -0.444 e. The molecule has 2 aromatic heterocycles. The van der Waals surface area contributed by atoms with Crippen molar-refractivity contribution in [1.82, 2.24) is 14.8 Å². The summed E-state index contributed by atoms with van der Waals surface area (Å²) in [5, 5.41) is 13.5. The number of rotatable bonds is 6. The molecular formula is C21H25F2N5O3. The van der Waals surface area contributed by atoms with Crippen LogP contribution in [0.4, 0.5) is 14.5 Å². The van der Waals surface area contributed by atoms with Crippen molar-refractivity contribution in [1.29, 1.82) is 0 Å². The van der Waals surface area contributed by atoms with Crippen molar-refractivity contribution >= 4 is 17.2 Å². The Morgan fingerprint density at radius 1 is 1.35 bits per heavy atom. The maximum absolute atomic E-state index is 13.8. The Labute approximate surface area is 178 Å². The first-order valence-electron chi connectivity index (χ1n) is 10.3. The summed E-state index contributed by atoms with van der Waals surface area (Å²) in [6, 6.07) is -0.229. The van der Waals surface area contributed by atoms with E-state index < -0.39 is 12.3 Å². The van der Waals surface area contributed by atoms with Gasteiger partial charge in [-0.1, -0.05) is 0 Å². The number of halogens is 2. The van der Waals surface area contributed by atoms with Crippen molar-refractivity contribution in [2.24, 2.45) is 11.7 Å². The van der Waals surface area contributed by atoms with Crippen molar-refractivity contribution in [3.63, 3.8) is 0 Å². The number of alkyl halides is 2. The predicted molar refractivity (Wildman–Crippen MR) is 109 cm³/mol. The van der Waals surface area contributed by atoms with Gasteiger partial charge >= 0.3 is 0 Å². The number of aliphatic hydroxyl groups excluding tert-OH is 1. The molecule has 1 amide bonds. The van der Waals surface area contributed by atoms with E-state index in [0.29, 0.717) is 11.3 Å². The second-order valence-electron chi connectivity index (χ2n) is 8.03. The van der Waals surface area contributed by atoms with Gasteiger partial charge in [-0.2, -0.15) is 5.10 Å². The summed E-state index contributed by atoms with van der Waals surface area (Å²) in [6.07, 6.45) is 8.67. The molecule has 0 aromatic carbocycles. The molecule has 2 aliphatic rings. The van der Waals surface area contributed by atoms with E-state index in [-0.39, 0.29) is 41.9 Å². The fourth-order valence-electron chi connectivity index (χ4n) is 4.18. The minimum atomic E-state index is -2.71. The monoisotopic (exact) mass is 433 g/mol. The Kier molecular flexibility index (Phi) is 5.90. The van der Waals surface area contributed by atoms with Crippen molar-refractivity contribution in [3.8, 4) is 0 Å². The standard InChI is InChI=1S/C21H25F2N5O3/c1-12-8-14(21-25-16(11-31-21)20(24)30)6-7-27(12)17-9-28(26-18(17)19(22)23)15-4-2-13(10-29)3-5-15/h6-9,11-13,15,19,29H,2-5,10H2,1H3,(H2,24,30). The van der Waals surface area contributed by atoms with E-state index in [9.17, 15) is 18.7 Å². The fourth-order valence-corrected chi connectivity index (χ4v) is 4.18. The number of nitrogens with zero attached hydrogens (tertiary/aromatic N) is 4. The molecule has 0 saturated heterocycles. The number of oxazole rings is 1. The number of carbonyl (C=O) groups excluding carboxylic acids is 1. The number of hydrogen-bond donors (Lipinski definition) is 2. The average Bonchev–Trinajstić information content (AvgIpc) is 3.42. The van der Waals surface area contributed by atoms with Crippen molar-refractivity contribution in [2.75, 3.05) is 11.5 Å². The Morgan fingerprint density at radius 3 is 2.68 bits per heavy atom. The highest BCUT2D eigenvalue weighted by Crippen LogP contribution is 2.37. The van der Waals surface area contributed by atoms with Gasteiger partial charge in [0.1, 0.15) is 6.26 Å². The molecule has 1 aliphatic heterocycles. The molecule has 2 aromatic rings. The topological polar surface area (TPSA) is 110 Å². The number of hydrogen-bond acceptors (Lipinski definition) is 6. The number of allylic oxidation sites excluding steroid dienone is 2. The summed E-state index contributed by atoms with van der Waals surface area (Å²) in [7, 11) is 0. The molecule has 0 bridgehead atoms. The van der Waals surface area contributed by atoms with E-state index in [1.54, 1.807) is 28.1 Å². The molecule has 3 heterocycles. The van der Waals surface area contributed by atoms with Crippen molar-refractivity contribution in [2.45, 2.75) is 51.1 Å². The quantitative estimate of drug-likeness (QED) is 0.722. The lowest BCUT2D eigenvalue weighted by Crippen LogP contribution is -2.29. The molecule has 1 saturated carbocycles. The molecular weight excluding hydrogens is 408 g/mol. The van der Waals surface area contributed by atoms with Gasteiger partial charge in [-0.25, -0.2) is 13.8 Å². The Balaban J connectivity index is 1.56. The molecule has 1 unspecified atom stereocenters. The van der Waals surface area contributed by atoms with E-state index >= 15 is 0 Å². The summed E-state index contributed by atoms with van der Waals surface area (Å²) >= 11 is 0. The maximum atomic E-state index is 13.8. The van der Waals surface area contributed by atoms with E-state index in [1.807, 2.05) is 13.0 Å². The normalized spacial score (nSPS) is 24.0. The maximum Gasteiger partial charge on any atom is 0.284 e. The second-order valence-corrected chi connectivity index (χ2v) is 8.03. The van der Waals surface area contributed by atoms with Crippen molar-refractivity contribution < 1.29 is 23.1 Å². The smallest absolute Gasteiger partial charge is 0.284 e. The lowest BCUT2D eigenvalue weighted by Gasteiger charge is -2.29. The SMILES string of the molecule is CC1C=C(c2nc(C(N)=O)co2)C=CN1c1cn(C2CCC(CO)CC2)nc1C(F)F. The van der Waals surface area contributed by atoms with E-state index in [1.165, 1.54) is 6.26 Å². The summed E-state index contributed by atoms with van der Waals surface area (Å²) in [4.78, 5) is 17.0. The van der Waals surface area contributed by atoms with Crippen LogP contribution in [0.3, 0.4) is 0 Å². The summed E-state index contributed by atoms with van der Waals surface area (Å²) < 4.78 is 34.5. The first-order chi connectivity index (χ1) is 14.9. The Bertz CT molecular complexity index is 1000. The van der Waals surface area contributed by atoms with Gasteiger partial charge in [0.05, 0.1) is 11.7 Å². The average molecular weight is 433 g/mol. The highest BCUT2D eigenvalue weighted by Gasteiger charge is 2.29. The van der Waals surface area contributed by atoms with Gasteiger partial charge in [-0.3, -0.25) is 9.48 Å². The highest BCUT2D eigenvalue weighted by molar-refractivity contribution is 5.91. The van der Waals surface area contributed by atoms with Gasteiger partial charge in [0.25, 0.3) is 12.3 Å². The third-order valence-electron chi connectivity index (χ3n) is 5.95. The second kappa shape index (κ2) is 8.62. The number of anilines is 1. The molecule has 1 aliphatic carbocycles. The molecule has 3 N–H and O–H groups in total. The summed E-state index contributed by atoms with van der Waals surface area (Å²) in [5.41, 5.74) is 5.95. The van der Waals surface area contributed by atoms with Gasteiger partial charge in [0.2, 0.25) is 5.89 Å². The first-order valence-corrected chi connectivity index (χ1v) is 10.3. The summed E-state index contributed by atoms with van der Waals surface area (Å²) in [5.74, 6) is -0.172. The van der Waals surface area contributed by atoms with E-state index in [0.717, 1.165) is 25.7 Å². The molecule has 166 valence electrons. The van der Waals surface area contributed by atoms with E-state index in [4.69, 9.17) is 10.2 Å². The van der Waals surface area contributed by atoms with Crippen LogP contribution in [0.2, 0.25) is 0 Å². The number of aliphatic hydroxyl groups is 1. The van der Waals surface area contributed by atoms with Gasteiger partial charge in [-0.15, -0.1) is 0 Å². The Hall–Kier alpha value is -3.01. The number of amides is 1. The minimum absolute atomic E-state index is 0.0246. The third kappa shape index (κ3) is 4.25. The zero-order valence-electron chi connectivity index (χ0n) is 17.1. The zero-order chi connectivity index (χ0) is 22.1. The molecule has 10 heteroatoms. The molecule has 8 nitrogen and oxygen atoms in total. The van der Waals surface area contributed by atoms with E-state index in [2.05, 4.69) is 10.1 Å². The zero-order valence-corrected chi connectivity index (χ0v) is 17.1. The molecule has 1 fully saturated rings. The highest BCUT2D eigenvalue weighted by atomic mass is 19.3. The summed E-state index contributed by atoms with van der Waals surface area (Å²) in [6.45, 7) is 2.02. The lowest BCUT2D eigenvalue weighted by atomic mass is 9.87.